The average Bonchev–Trinajstić information content (AvgIpc) is 2.40. The SMILES string of the molecule is C[N+](C)(CCCc1ccccc1)c1ccccc1F. The lowest BCUT2D eigenvalue weighted by Gasteiger charge is -2.29. The second-order valence-corrected chi connectivity index (χ2v) is 5.45. The summed E-state index contributed by atoms with van der Waals surface area (Å²) in [6, 6.07) is 17.5. The van der Waals surface area contributed by atoms with Crippen molar-refractivity contribution in [3.63, 3.8) is 0 Å². The Hall–Kier alpha value is -1.67. The summed E-state index contributed by atoms with van der Waals surface area (Å²) < 4.78 is 14.4. The number of rotatable bonds is 5. The summed E-state index contributed by atoms with van der Waals surface area (Å²) in [5.41, 5.74) is 2.10. The van der Waals surface area contributed by atoms with Gasteiger partial charge in [-0.25, -0.2) is 4.39 Å². The molecule has 0 radical (unpaired) electrons. The maximum Gasteiger partial charge on any atom is 0.183 e. The van der Waals surface area contributed by atoms with Crippen molar-refractivity contribution in [2.24, 2.45) is 0 Å². The van der Waals surface area contributed by atoms with Gasteiger partial charge in [0.2, 0.25) is 0 Å². The predicted molar refractivity (Wildman–Crippen MR) is 79.7 cm³/mol. The molecular weight excluding hydrogens is 237 g/mol. The van der Waals surface area contributed by atoms with Crippen molar-refractivity contribution in [2.45, 2.75) is 12.8 Å². The summed E-state index contributed by atoms with van der Waals surface area (Å²) in [7, 11) is 4.12. The lowest BCUT2D eigenvalue weighted by molar-refractivity contribution is 0.375. The number of aryl methyl sites for hydroxylation is 1. The van der Waals surface area contributed by atoms with E-state index in [1.165, 1.54) is 11.6 Å². The van der Waals surface area contributed by atoms with Crippen molar-refractivity contribution in [3.05, 3.63) is 66.0 Å². The molecule has 0 heterocycles. The van der Waals surface area contributed by atoms with E-state index in [0.29, 0.717) is 4.48 Å². The highest BCUT2D eigenvalue weighted by atomic mass is 19.1. The average molecular weight is 258 g/mol. The topological polar surface area (TPSA) is 0 Å². The van der Waals surface area contributed by atoms with Crippen LogP contribution >= 0.6 is 0 Å². The van der Waals surface area contributed by atoms with Gasteiger partial charge in [0.25, 0.3) is 0 Å². The Balaban J connectivity index is 1.97. The van der Waals surface area contributed by atoms with E-state index in [2.05, 4.69) is 38.4 Å². The van der Waals surface area contributed by atoms with E-state index in [4.69, 9.17) is 0 Å². The monoisotopic (exact) mass is 258 g/mol. The van der Waals surface area contributed by atoms with Gasteiger partial charge in [-0.3, -0.25) is 4.48 Å². The second-order valence-electron chi connectivity index (χ2n) is 5.45. The molecule has 0 aliphatic heterocycles. The Labute approximate surface area is 114 Å². The molecule has 2 aromatic rings. The third-order valence-corrected chi connectivity index (χ3v) is 3.53. The van der Waals surface area contributed by atoms with E-state index in [-0.39, 0.29) is 5.82 Å². The second kappa shape index (κ2) is 5.98. The molecule has 0 atom stereocenters. The number of halogens is 1. The molecule has 19 heavy (non-hydrogen) atoms. The van der Waals surface area contributed by atoms with Crippen molar-refractivity contribution in [1.29, 1.82) is 0 Å². The van der Waals surface area contributed by atoms with E-state index in [1.807, 2.05) is 18.2 Å². The van der Waals surface area contributed by atoms with Gasteiger partial charge in [-0.05, 0) is 18.1 Å². The molecule has 0 spiro atoms. The fraction of sp³-hybridized carbons (Fsp3) is 0.294. The number of benzene rings is 2. The molecule has 0 aliphatic rings. The van der Waals surface area contributed by atoms with E-state index < -0.39 is 0 Å². The first-order valence-electron chi connectivity index (χ1n) is 6.71. The van der Waals surface area contributed by atoms with Gasteiger partial charge < -0.3 is 0 Å². The highest BCUT2D eigenvalue weighted by Gasteiger charge is 2.22. The zero-order valence-electron chi connectivity index (χ0n) is 11.6. The molecule has 1 nitrogen and oxygen atoms in total. The van der Waals surface area contributed by atoms with Crippen LogP contribution in [-0.2, 0) is 6.42 Å². The lowest BCUT2D eigenvalue weighted by Crippen LogP contribution is -2.42. The van der Waals surface area contributed by atoms with Crippen LogP contribution in [0.3, 0.4) is 0 Å². The van der Waals surface area contributed by atoms with Crippen molar-refractivity contribution < 1.29 is 4.39 Å². The molecule has 0 unspecified atom stereocenters. The van der Waals surface area contributed by atoms with Crippen LogP contribution in [0.15, 0.2) is 54.6 Å². The number of para-hydroxylation sites is 1. The van der Waals surface area contributed by atoms with Gasteiger partial charge in [0.15, 0.2) is 11.5 Å². The predicted octanol–water partition coefficient (Wildman–Crippen LogP) is 4.03. The van der Waals surface area contributed by atoms with Crippen LogP contribution in [0.5, 0.6) is 0 Å². The highest BCUT2D eigenvalue weighted by molar-refractivity contribution is 5.42. The lowest BCUT2D eigenvalue weighted by atomic mass is 10.1. The van der Waals surface area contributed by atoms with Crippen LogP contribution in [0.4, 0.5) is 10.1 Å². The quantitative estimate of drug-likeness (QED) is 0.710. The Kier molecular flexibility index (Phi) is 4.33. The van der Waals surface area contributed by atoms with Gasteiger partial charge in [0.1, 0.15) is 0 Å². The molecule has 0 aliphatic carbocycles. The molecule has 0 amide bonds. The number of quaternary nitrogens is 1. The zero-order valence-corrected chi connectivity index (χ0v) is 11.6. The van der Waals surface area contributed by atoms with Crippen LogP contribution in [0.2, 0.25) is 0 Å². The first kappa shape index (κ1) is 13.8. The third kappa shape index (κ3) is 3.65. The summed E-state index contributed by atoms with van der Waals surface area (Å²) in [6.45, 7) is 0.926. The first-order chi connectivity index (χ1) is 9.09. The molecule has 2 aromatic carbocycles. The molecule has 0 fully saturated rings. The molecule has 100 valence electrons. The molecule has 0 bridgehead atoms. The van der Waals surface area contributed by atoms with Gasteiger partial charge in [-0.1, -0.05) is 42.5 Å². The van der Waals surface area contributed by atoms with Crippen molar-refractivity contribution in [3.8, 4) is 0 Å². The van der Waals surface area contributed by atoms with Gasteiger partial charge in [-0.15, -0.1) is 0 Å². The van der Waals surface area contributed by atoms with Crippen LogP contribution in [0, 0.1) is 5.82 Å². The maximum absolute atomic E-state index is 13.8. The first-order valence-corrected chi connectivity index (χ1v) is 6.71. The van der Waals surface area contributed by atoms with Gasteiger partial charge in [-0.2, -0.15) is 0 Å². The fourth-order valence-corrected chi connectivity index (χ4v) is 2.39. The Morgan fingerprint density at radius 2 is 1.53 bits per heavy atom. The van der Waals surface area contributed by atoms with E-state index in [0.717, 1.165) is 25.1 Å². The number of nitrogens with zero attached hydrogens (tertiary/aromatic N) is 1. The molecular formula is C17H21FN+. The zero-order chi connectivity index (χ0) is 13.7. The maximum atomic E-state index is 13.8. The van der Waals surface area contributed by atoms with Crippen LogP contribution in [0.25, 0.3) is 0 Å². The minimum absolute atomic E-state index is 0.118. The number of hydrogen-bond donors (Lipinski definition) is 0. The number of hydrogen-bond acceptors (Lipinski definition) is 0. The highest BCUT2D eigenvalue weighted by Crippen LogP contribution is 2.23. The van der Waals surface area contributed by atoms with Crippen LogP contribution in [-0.4, -0.2) is 20.6 Å². The summed E-state index contributed by atoms with van der Waals surface area (Å²) in [5.74, 6) is -0.118. The summed E-state index contributed by atoms with van der Waals surface area (Å²) in [6.07, 6.45) is 2.09. The van der Waals surface area contributed by atoms with Gasteiger partial charge >= 0.3 is 0 Å². The Bertz CT molecular complexity index is 520. The smallest absolute Gasteiger partial charge is 0.183 e. The molecule has 0 N–H and O–H groups in total. The summed E-state index contributed by atoms with van der Waals surface area (Å²) in [4.78, 5) is 0. The van der Waals surface area contributed by atoms with E-state index >= 15 is 0 Å². The third-order valence-electron chi connectivity index (χ3n) is 3.53. The Morgan fingerprint density at radius 1 is 0.895 bits per heavy atom. The molecule has 0 saturated carbocycles. The van der Waals surface area contributed by atoms with Gasteiger partial charge in [0.05, 0.1) is 20.6 Å². The van der Waals surface area contributed by atoms with Crippen molar-refractivity contribution >= 4 is 5.69 Å². The fourth-order valence-electron chi connectivity index (χ4n) is 2.39. The summed E-state index contributed by atoms with van der Waals surface area (Å²) in [5, 5.41) is 0. The molecule has 2 rings (SSSR count). The minimum atomic E-state index is -0.118. The van der Waals surface area contributed by atoms with Crippen molar-refractivity contribution in [1.82, 2.24) is 4.48 Å². The molecule has 2 heteroatoms. The van der Waals surface area contributed by atoms with E-state index in [1.54, 1.807) is 6.07 Å². The summed E-state index contributed by atoms with van der Waals surface area (Å²) >= 11 is 0. The Morgan fingerprint density at radius 3 is 2.21 bits per heavy atom. The molecule has 0 saturated heterocycles. The molecule has 0 aromatic heterocycles. The van der Waals surface area contributed by atoms with Gasteiger partial charge in [0, 0.05) is 12.5 Å². The normalized spacial score (nSPS) is 11.5. The van der Waals surface area contributed by atoms with Crippen LogP contribution < -0.4 is 4.48 Å². The standard InChI is InChI=1S/C17H21FN/c1-19(2,17-13-7-6-12-16(17)18)14-8-11-15-9-4-3-5-10-15/h3-7,9-10,12-13H,8,11,14H2,1-2H3/q+1. The van der Waals surface area contributed by atoms with Crippen LogP contribution in [0.1, 0.15) is 12.0 Å². The largest absolute Gasteiger partial charge is 0.293 e. The van der Waals surface area contributed by atoms with E-state index in [9.17, 15) is 4.39 Å². The van der Waals surface area contributed by atoms with Crippen molar-refractivity contribution in [2.75, 3.05) is 20.6 Å². The minimum Gasteiger partial charge on any atom is -0.293 e.